The second-order valence-electron chi connectivity index (χ2n) is 7.73. The highest BCUT2D eigenvalue weighted by molar-refractivity contribution is 5.81. The van der Waals surface area contributed by atoms with Gasteiger partial charge in [-0.2, -0.15) is 13.2 Å². The summed E-state index contributed by atoms with van der Waals surface area (Å²) in [6, 6.07) is 4.67. The van der Waals surface area contributed by atoms with Crippen molar-refractivity contribution < 1.29 is 27.5 Å². The zero-order valence-corrected chi connectivity index (χ0v) is 16.2. The molecule has 1 fully saturated rings. The van der Waals surface area contributed by atoms with Crippen LogP contribution in [0.25, 0.3) is 0 Å². The number of anilines is 1. The number of halogens is 3. The summed E-state index contributed by atoms with van der Waals surface area (Å²) in [6.45, 7) is 6.18. The first-order valence-electron chi connectivity index (χ1n) is 9.12. The highest BCUT2D eigenvalue weighted by Crippen LogP contribution is 2.30. The maximum absolute atomic E-state index is 12.7. The minimum Gasteiger partial charge on any atom is -0.444 e. The van der Waals surface area contributed by atoms with Crippen LogP contribution in [-0.4, -0.2) is 48.2 Å². The molecular formula is C19H26F3N3O3. The van der Waals surface area contributed by atoms with Gasteiger partial charge in [0, 0.05) is 24.8 Å². The quantitative estimate of drug-likeness (QED) is 0.808. The molecular weight excluding hydrogens is 375 g/mol. The van der Waals surface area contributed by atoms with Crippen molar-refractivity contribution in [2.45, 2.75) is 51.4 Å². The van der Waals surface area contributed by atoms with Crippen LogP contribution in [0.3, 0.4) is 0 Å². The molecule has 2 amide bonds. The maximum Gasteiger partial charge on any atom is 0.416 e. The molecule has 0 saturated carbocycles. The molecule has 6 nitrogen and oxygen atoms in total. The van der Waals surface area contributed by atoms with Gasteiger partial charge in [0.15, 0.2) is 0 Å². The largest absolute Gasteiger partial charge is 0.444 e. The number of rotatable bonds is 4. The first-order valence-corrected chi connectivity index (χ1v) is 9.12. The standard InChI is InChI=1S/C19H26F3N3O3/c1-18(2,3)28-17(27)24-14-7-9-25(10-8-14)16(26)12-23-15-6-4-5-13(11-15)19(20,21)22/h4-6,11,14,23H,7-10,12H2,1-3H3,(H,24,27). The van der Waals surface area contributed by atoms with E-state index >= 15 is 0 Å². The maximum atomic E-state index is 12.7. The van der Waals surface area contributed by atoms with Gasteiger partial charge in [-0.25, -0.2) is 4.79 Å². The Hall–Kier alpha value is -2.45. The lowest BCUT2D eigenvalue weighted by molar-refractivity contribution is -0.137. The second kappa shape index (κ2) is 8.70. The van der Waals surface area contributed by atoms with Crippen LogP contribution < -0.4 is 10.6 Å². The fraction of sp³-hybridized carbons (Fsp3) is 0.579. The lowest BCUT2D eigenvalue weighted by atomic mass is 10.1. The lowest BCUT2D eigenvalue weighted by Crippen LogP contribution is -2.48. The number of carbonyl (C=O) groups is 2. The normalized spacial score (nSPS) is 15.9. The highest BCUT2D eigenvalue weighted by Gasteiger charge is 2.30. The molecule has 0 atom stereocenters. The van der Waals surface area contributed by atoms with Crippen molar-refractivity contribution in [2.75, 3.05) is 25.0 Å². The molecule has 0 bridgehead atoms. The third-order valence-electron chi connectivity index (χ3n) is 4.20. The third kappa shape index (κ3) is 6.94. The van der Waals surface area contributed by atoms with Crippen molar-refractivity contribution in [2.24, 2.45) is 0 Å². The van der Waals surface area contributed by atoms with E-state index in [-0.39, 0.29) is 24.2 Å². The third-order valence-corrected chi connectivity index (χ3v) is 4.20. The van der Waals surface area contributed by atoms with Crippen molar-refractivity contribution in [3.8, 4) is 0 Å². The molecule has 0 unspecified atom stereocenters. The van der Waals surface area contributed by atoms with Gasteiger partial charge in [-0.05, 0) is 51.8 Å². The van der Waals surface area contributed by atoms with E-state index < -0.39 is 23.4 Å². The van der Waals surface area contributed by atoms with E-state index in [1.54, 1.807) is 25.7 Å². The molecule has 0 aliphatic carbocycles. The van der Waals surface area contributed by atoms with Crippen molar-refractivity contribution >= 4 is 17.7 Å². The van der Waals surface area contributed by atoms with Crippen LogP contribution in [0.2, 0.25) is 0 Å². The van der Waals surface area contributed by atoms with Gasteiger partial charge in [-0.1, -0.05) is 6.07 Å². The molecule has 1 aromatic rings. The van der Waals surface area contributed by atoms with Gasteiger partial charge >= 0.3 is 12.3 Å². The molecule has 0 aromatic heterocycles. The number of ether oxygens (including phenoxy) is 1. The molecule has 1 heterocycles. The number of amides is 2. The molecule has 2 rings (SSSR count). The summed E-state index contributed by atoms with van der Waals surface area (Å²) in [5, 5.41) is 5.53. The topological polar surface area (TPSA) is 70.7 Å². The van der Waals surface area contributed by atoms with E-state index in [4.69, 9.17) is 4.74 Å². The molecule has 28 heavy (non-hydrogen) atoms. The van der Waals surface area contributed by atoms with E-state index in [0.717, 1.165) is 12.1 Å². The summed E-state index contributed by atoms with van der Waals surface area (Å²) < 4.78 is 43.4. The minimum atomic E-state index is -4.43. The first-order chi connectivity index (χ1) is 12.9. The van der Waals surface area contributed by atoms with Gasteiger partial charge in [-0.15, -0.1) is 0 Å². The Bertz CT molecular complexity index is 694. The summed E-state index contributed by atoms with van der Waals surface area (Å²) in [4.78, 5) is 25.7. The molecule has 156 valence electrons. The van der Waals surface area contributed by atoms with Crippen molar-refractivity contribution in [3.63, 3.8) is 0 Å². The van der Waals surface area contributed by atoms with Gasteiger partial charge in [0.2, 0.25) is 5.91 Å². The van der Waals surface area contributed by atoms with Crippen LogP contribution in [0, 0.1) is 0 Å². The second-order valence-corrected chi connectivity index (χ2v) is 7.73. The number of alkyl halides is 3. The Morgan fingerprint density at radius 2 is 1.82 bits per heavy atom. The summed E-state index contributed by atoms with van der Waals surface area (Å²) >= 11 is 0. The van der Waals surface area contributed by atoms with Crippen LogP contribution in [0.1, 0.15) is 39.2 Å². The predicted octanol–water partition coefficient (Wildman–Crippen LogP) is 3.63. The zero-order valence-electron chi connectivity index (χ0n) is 16.2. The molecule has 1 aromatic carbocycles. The highest BCUT2D eigenvalue weighted by atomic mass is 19.4. The van der Waals surface area contributed by atoms with Crippen LogP contribution in [-0.2, 0) is 15.7 Å². The Kier molecular flexibility index (Phi) is 6.79. The average Bonchev–Trinajstić information content (AvgIpc) is 2.58. The molecule has 0 radical (unpaired) electrons. The predicted molar refractivity (Wildman–Crippen MR) is 98.9 cm³/mol. The fourth-order valence-corrected chi connectivity index (χ4v) is 2.84. The van der Waals surface area contributed by atoms with Crippen molar-refractivity contribution in [3.05, 3.63) is 29.8 Å². The number of nitrogens with zero attached hydrogens (tertiary/aromatic N) is 1. The Morgan fingerprint density at radius 1 is 1.18 bits per heavy atom. The lowest BCUT2D eigenvalue weighted by Gasteiger charge is -2.33. The van der Waals surface area contributed by atoms with Crippen molar-refractivity contribution in [1.82, 2.24) is 10.2 Å². The van der Waals surface area contributed by atoms with E-state index in [1.807, 2.05) is 0 Å². The van der Waals surface area contributed by atoms with Gasteiger partial charge in [-0.3, -0.25) is 4.79 Å². The van der Waals surface area contributed by atoms with Crippen LogP contribution in [0.4, 0.5) is 23.7 Å². The Morgan fingerprint density at radius 3 is 2.39 bits per heavy atom. The molecule has 1 saturated heterocycles. The smallest absolute Gasteiger partial charge is 0.416 e. The fourth-order valence-electron chi connectivity index (χ4n) is 2.84. The van der Waals surface area contributed by atoms with Crippen molar-refractivity contribution in [1.29, 1.82) is 0 Å². The van der Waals surface area contributed by atoms with Crippen LogP contribution >= 0.6 is 0 Å². The summed E-state index contributed by atoms with van der Waals surface area (Å²) in [6.07, 6.45) is -3.73. The minimum absolute atomic E-state index is 0.0738. The number of piperidine rings is 1. The first kappa shape index (κ1) is 21.8. The van der Waals surface area contributed by atoms with Gasteiger partial charge < -0.3 is 20.3 Å². The summed E-state index contributed by atoms with van der Waals surface area (Å²) in [7, 11) is 0. The van der Waals surface area contributed by atoms with E-state index in [2.05, 4.69) is 10.6 Å². The van der Waals surface area contributed by atoms with Gasteiger partial charge in [0.25, 0.3) is 0 Å². The monoisotopic (exact) mass is 401 g/mol. The number of benzene rings is 1. The van der Waals surface area contributed by atoms with Gasteiger partial charge in [0.05, 0.1) is 12.1 Å². The molecule has 9 heteroatoms. The molecule has 1 aliphatic rings. The van der Waals surface area contributed by atoms with Crippen LogP contribution in [0.5, 0.6) is 0 Å². The van der Waals surface area contributed by atoms with E-state index in [0.29, 0.717) is 25.9 Å². The number of hydrogen-bond donors (Lipinski definition) is 2. The average molecular weight is 401 g/mol. The number of carbonyl (C=O) groups excluding carboxylic acids is 2. The molecule has 0 spiro atoms. The Balaban J connectivity index is 1.77. The van der Waals surface area contributed by atoms with Gasteiger partial charge in [0.1, 0.15) is 5.60 Å². The Labute approximate surface area is 162 Å². The van der Waals surface area contributed by atoms with E-state index in [1.165, 1.54) is 12.1 Å². The molecule has 1 aliphatic heterocycles. The summed E-state index contributed by atoms with van der Waals surface area (Å²) in [5.41, 5.74) is -1.10. The number of likely N-dealkylation sites (tertiary alicyclic amines) is 1. The SMILES string of the molecule is CC(C)(C)OC(=O)NC1CCN(C(=O)CNc2cccc(C(F)(F)F)c2)CC1. The zero-order chi connectivity index (χ0) is 20.9. The number of alkyl carbamates (subject to hydrolysis) is 1. The number of nitrogens with one attached hydrogen (secondary N) is 2. The number of hydrogen-bond acceptors (Lipinski definition) is 4. The molecule has 2 N–H and O–H groups in total. The van der Waals surface area contributed by atoms with Crippen LogP contribution in [0.15, 0.2) is 24.3 Å². The summed E-state index contributed by atoms with van der Waals surface area (Å²) in [5.74, 6) is -0.201. The van der Waals surface area contributed by atoms with E-state index in [9.17, 15) is 22.8 Å².